The van der Waals surface area contributed by atoms with E-state index in [0.29, 0.717) is 6.04 Å². The number of carbonyl (C=O) groups excluding carboxylic acids is 1. The fourth-order valence-corrected chi connectivity index (χ4v) is 1.01. The van der Waals surface area contributed by atoms with Crippen LogP contribution in [0.25, 0.3) is 0 Å². The highest BCUT2D eigenvalue weighted by Gasteiger charge is 2.14. The van der Waals surface area contributed by atoms with E-state index in [2.05, 4.69) is 5.32 Å². The van der Waals surface area contributed by atoms with Gasteiger partial charge in [0.15, 0.2) is 0 Å². The molecule has 1 saturated heterocycles. The summed E-state index contributed by atoms with van der Waals surface area (Å²) < 4.78 is 0. The molecule has 10 heavy (non-hydrogen) atoms. The van der Waals surface area contributed by atoms with Crippen LogP contribution in [-0.2, 0) is 4.79 Å². The Morgan fingerprint density at radius 3 is 2.80 bits per heavy atom. The molecule has 1 rings (SSSR count). The monoisotopic (exact) mass is 164 g/mol. The Hall–Kier alpha value is -0.280. The van der Waals surface area contributed by atoms with Gasteiger partial charge >= 0.3 is 0 Å². The Morgan fingerprint density at radius 1 is 1.70 bits per heavy atom. The summed E-state index contributed by atoms with van der Waals surface area (Å²) in [6.45, 7) is 4.76. The standard InChI is InChI=1S/C6H12N2O.ClH/c1-6-4-7-2-3-8(6)5-9;/h5-7H,2-4H2,1H3;1H/t6-;/m0./s1. The van der Waals surface area contributed by atoms with Crippen molar-refractivity contribution in [2.45, 2.75) is 13.0 Å². The lowest BCUT2D eigenvalue weighted by molar-refractivity contribution is -0.120. The normalized spacial score (nSPS) is 25.3. The highest BCUT2D eigenvalue weighted by molar-refractivity contribution is 5.85. The second-order valence-electron chi connectivity index (χ2n) is 2.40. The van der Waals surface area contributed by atoms with Crippen molar-refractivity contribution in [3.63, 3.8) is 0 Å². The first-order valence-electron chi connectivity index (χ1n) is 3.26. The predicted octanol–water partition coefficient (Wildman–Crippen LogP) is -0.142. The molecular formula is C6H13ClN2O. The molecule has 0 aromatic rings. The average molecular weight is 165 g/mol. The third-order valence-corrected chi connectivity index (χ3v) is 1.69. The number of halogens is 1. The van der Waals surface area contributed by atoms with E-state index in [1.807, 2.05) is 11.8 Å². The molecule has 3 nitrogen and oxygen atoms in total. The highest BCUT2D eigenvalue weighted by Crippen LogP contribution is 1.96. The smallest absolute Gasteiger partial charge is 0.210 e. The molecule has 1 aliphatic heterocycles. The summed E-state index contributed by atoms with van der Waals surface area (Å²) >= 11 is 0. The van der Waals surface area contributed by atoms with Gasteiger partial charge in [-0.1, -0.05) is 0 Å². The van der Waals surface area contributed by atoms with Gasteiger partial charge in [-0.3, -0.25) is 4.79 Å². The van der Waals surface area contributed by atoms with Crippen LogP contribution in [0.3, 0.4) is 0 Å². The van der Waals surface area contributed by atoms with Gasteiger partial charge in [-0.15, -0.1) is 12.4 Å². The number of rotatable bonds is 1. The summed E-state index contributed by atoms with van der Waals surface area (Å²) in [5.41, 5.74) is 0. The molecule has 60 valence electrons. The highest BCUT2D eigenvalue weighted by atomic mass is 35.5. The van der Waals surface area contributed by atoms with Gasteiger partial charge in [0.2, 0.25) is 6.41 Å². The zero-order chi connectivity index (χ0) is 6.69. The Labute approximate surface area is 67.2 Å². The number of amides is 1. The number of nitrogens with one attached hydrogen (secondary N) is 1. The molecule has 4 heteroatoms. The van der Waals surface area contributed by atoms with Gasteiger partial charge in [0.1, 0.15) is 0 Å². The first kappa shape index (κ1) is 9.72. The van der Waals surface area contributed by atoms with E-state index in [0.717, 1.165) is 26.0 Å². The summed E-state index contributed by atoms with van der Waals surface area (Å²) in [5, 5.41) is 3.20. The molecule has 1 aliphatic rings. The molecule has 0 unspecified atom stereocenters. The maximum Gasteiger partial charge on any atom is 0.210 e. The van der Waals surface area contributed by atoms with E-state index in [1.54, 1.807) is 0 Å². The zero-order valence-electron chi connectivity index (χ0n) is 6.04. The van der Waals surface area contributed by atoms with Crippen LogP contribution in [-0.4, -0.2) is 37.0 Å². The van der Waals surface area contributed by atoms with Crippen molar-refractivity contribution in [3.05, 3.63) is 0 Å². The summed E-state index contributed by atoms with van der Waals surface area (Å²) in [5.74, 6) is 0. The molecule has 1 amide bonds. The number of hydrogen-bond acceptors (Lipinski definition) is 2. The molecule has 1 atom stereocenters. The average Bonchev–Trinajstić information content (AvgIpc) is 1.89. The minimum Gasteiger partial charge on any atom is -0.340 e. The molecule has 1 heterocycles. The van der Waals surface area contributed by atoms with Crippen molar-refractivity contribution in [2.24, 2.45) is 0 Å². The van der Waals surface area contributed by atoms with Gasteiger partial charge in [-0.2, -0.15) is 0 Å². The van der Waals surface area contributed by atoms with E-state index < -0.39 is 0 Å². The number of hydrogen-bond donors (Lipinski definition) is 1. The summed E-state index contributed by atoms with van der Waals surface area (Å²) in [6.07, 6.45) is 0.922. The molecule has 0 saturated carbocycles. The SMILES string of the molecule is C[C@H]1CNCCN1C=O.Cl. The molecule has 1 N–H and O–H groups in total. The first-order chi connectivity index (χ1) is 4.34. The molecule has 0 bridgehead atoms. The van der Waals surface area contributed by atoms with Gasteiger partial charge in [0, 0.05) is 25.7 Å². The third-order valence-electron chi connectivity index (χ3n) is 1.69. The second-order valence-corrected chi connectivity index (χ2v) is 2.40. The first-order valence-corrected chi connectivity index (χ1v) is 3.26. The van der Waals surface area contributed by atoms with Crippen molar-refractivity contribution >= 4 is 18.8 Å². The van der Waals surface area contributed by atoms with E-state index in [9.17, 15) is 4.79 Å². The van der Waals surface area contributed by atoms with Crippen molar-refractivity contribution in [3.8, 4) is 0 Å². The number of carbonyl (C=O) groups is 1. The topological polar surface area (TPSA) is 32.3 Å². The summed E-state index contributed by atoms with van der Waals surface area (Å²) in [6, 6.07) is 0.372. The van der Waals surface area contributed by atoms with Crippen molar-refractivity contribution in [1.82, 2.24) is 10.2 Å². The maximum atomic E-state index is 10.3. The summed E-state index contributed by atoms with van der Waals surface area (Å²) in [7, 11) is 0. The minimum absolute atomic E-state index is 0. The van der Waals surface area contributed by atoms with E-state index >= 15 is 0 Å². The summed E-state index contributed by atoms with van der Waals surface area (Å²) in [4.78, 5) is 12.1. The fraction of sp³-hybridized carbons (Fsp3) is 0.833. The van der Waals surface area contributed by atoms with Crippen LogP contribution in [0.2, 0.25) is 0 Å². The predicted molar refractivity (Wildman–Crippen MR) is 42.3 cm³/mol. The van der Waals surface area contributed by atoms with E-state index in [-0.39, 0.29) is 12.4 Å². The van der Waals surface area contributed by atoms with Gasteiger partial charge in [0.05, 0.1) is 0 Å². The fourth-order valence-electron chi connectivity index (χ4n) is 1.01. The number of piperazine rings is 1. The van der Waals surface area contributed by atoms with Crippen molar-refractivity contribution < 1.29 is 4.79 Å². The maximum absolute atomic E-state index is 10.3. The van der Waals surface area contributed by atoms with Crippen molar-refractivity contribution in [2.75, 3.05) is 19.6 Å². The Balaban J connectivity index is 0.000000810. The molecule has 0 aromatic heterocycles. The second kappa shape index (κ2) is 4.52. The van der Waals surface area contributed by atoms with Crippen LogP contribution in [0, 0.1) is 0 Å². The number of nitrogens with zero attached hydrogens (tertiary/aromatic N) is 1. The Kier molecular flexibility index (Phi) is 4.40. The molecule has 0 radical (unpaired) electrons. The van der Waals surface area contributed by atoms with E-state index in [1.165, 1.54) is 0 Å². The van der Waals surface area contributed by atoms with Gasteiger partial charge in [-0.05, 0) is 6.92 Å². The molecular weight excluding hydrogens is 152 g/mol. The van der Waals surface area contributed by atoms with Crippen LogP contribution in [0.1, 0.15) is 6.92 Å². The Bertz CT molecular complexity index is 110. The van der Waals surface area contributed by atoms with Crippen LogP contribution in [0.4, 0.5) is 0 Å². The lowest BCUT2D eigenvalue weighted by atomic mass is 10.2. The lowest BCUT2D eigenvalue weighted by Crippen LogP contribution is -2.48. The van der Waals surface area contributed by atoms with Gasteiger partial charge < -0.3 is 10.2 Å². The van der Waals surface area contributed by atoms with Crippen LogP contribution in [0.15, 0.2) is 0 Å². The minimum atomic E-state index is 0. The molecule has 0 aromatic carbocycles. The molecule has 0 aliphatic carbocycles. The van der Waals surface area contributed by atoms with Crippen molar-refractivity contribution in [1.29, 1.82) is 0 Å². The Morgan fingerprint density at radius 2 is 2.40 bits per heavy atom. The van der Waals surface area contributed by atoms with Crippen LogP contribution in [0.5, 0.6) is 0 Å². The lowest BCUT2D eigenvalue weighted by Gasteiger charge is -2.30. The molecule has 0 spiro atoms. The van der Waals surface area contributed by atoms with Gasteiger partial charge in [0.25, 0.3) is 0 Å². The van der Waals surface area contributed by atoms with E-state index in [4.69, 9.17) is 0 Å². The van der Waals surface area contributed by atoms with Gasteiger partial charge in [-0.25, -0.2) is 0 Å². The third kappa shape index (κ3) is 2.15. The zero-order valence-corrected chi connectivity index (χ0v) is 6.86. The van der Waals surface area contributed by atoms with Crippen LogP contribution >= 0.6 is 12.4 Å². The quantitative estimate of drug-likeness (QED) is 0.548. The van der Waals surface area contributed by atoms with Crippen LogP contribution < -0.4 is 5.32 Å². The molecule has 1 fully saturated rings. The largest absolute Gasteiger partial charge is 0.340 e.